The maximum Gasteiger partial charge on any atom is 0.275 e. The number of anilines is 1. The van der Waals surface area contributed by atoms with Gasteiger partial charge in [0, 0.05) is 49.3 Å². The number of aromatic nitrogens is 2. The number of hydrogen-bond acceptors (Lipinski definition) is 7. The van der Waals surface area contributed by atoms with E-state index in [9.17, 15) is 21.6 Å². The second kappa shape index (κ2) is 7.97. The van der Waals surface area contributed by atoms with Crippen LogP contribution in [0.3, 0.4) is 0 Å². The van der Waals surface area contributed by atoms with Gasteiger partial charge in [-0.3, -0.25) is 4.79 Å². The normalized spacial score (nSPS) is 16.5. The van der Waals surface area contributed by atoms with Crippen molar-refractivity contribution in [2.75, 3.05) is 24.7 Å². The highest BCUT2D eigenvalue weighted by atomic mass is 32.2. The summed E-state index contributed by atoms with van der Waals surface area (Å²) >= 11 is 0. The van der Waals surface area contributed by atoms with Gasteiger partial charge in [-0.25, -0.2) is 20.8 Å². The molecule has 3 heterocycles. The van der Waals surface area contributed by atoms with Crippen molar-refractivity contribution in [3.05, 3.63) is 70.8 Å². The smallest absolute Gasteiger partial charge is 0.275 e. The van der Waals surface area contributed by atoms with Crippen molar-refractivity contribution in [1.82, 2.24) is 8.54 Å². The number of hydrogen-bond donors (Lipinski definition) is 0. The van der Waals surface area contributed by atoms with E-state index in [2.05, 4.69) is 0 Å². The van der Waals surface area contributed by atoms with Gasteiger partial charge in [-0.05, 0) is 50.1 Å². The molecule has 2 aromatic carbocycles. The zero-order chi connectivity index (χ0) is 27.2. The Labute approximate surface area is 220 Å². The quantitative estimate of drug-likeness (QED) is 0.382. The summed E-state index contributed by atoms with van der Waals surface area (Å²) in [5.41, 5.74) is 1.70. The Morgan fingerprint density at radius 3 is 2.24 bits per heavy atom. The molecule has 38 heavy (non-hydrogen) atoms. The van der Waals surface area contributed by atoms with Crippen molar-refractivity contribution >= 4 is 36.5 Å². The van der Waals surface area contributed by atoms with E-state index in [0.717, 1.165) is 28.6 Å². The highest BCUT2D eigenvalue weighted by Crippen LogP contribution is 2.52. The maximum atomic E-state index is 13.6. The first-order chi connectivity index (χ1) is 17.8. The van der Waals surface area contributed by atoms with Crippen LogP contribution in [0.15, 0.2) is 69.4 Å². The van der Waals surface area contributed by atoms with Gasteiger partial charge in [0.1, 0.15) is 11.1 Å². The number of rotatable bonds is 4. The molecule has 198 valence electrons. The zero-order valence-corrected chi connectivity index (χ0v) is 23.1. The van der Waals surface area contributed by atoms with Crippen molar-refractivity contribution in [3.8, 4) is 16.9 Å². The fourth-order valence-electron chi connectivity index (χ4n) is 5.13. The molecule has 4 aromatic rings. The fraction of sp³-hybridized carbons (Fsp3) is 0.296. The summed E-state index contributed by atoms with van der Waals surface area (Å²) in [5, 5.41) is 0.387. The van der Waals surface area contributed by atoms with Crippen molar-refractivity contribution in [1.29, 1.82) is 0 Å². The Hall–Kier alpha value is -3.57. The van der Waals surface area contributed by atoms with E-state index in [1.807, 2.05) is 18.9 Å². The number of benzene rings is 2. The van der Waals surface area contributed by atoms with Gasteiger partial charge in [0.2, 0.25) is 0 Å². The van der Waals surface area contributed by atoms with Crippen LogP contribution >= 0.6 is 0 Å². The van der Waals surface area contributed by atoms with Crippen LogP contribution < -0.4 is 15.2 Å². The first kappa shape index (κ1) is 24.7. The first-order valence-electron chi connectivity index (χ1n) is 12.1. The van der Waals surface area contributed by atoms with Gasteiger partial charge >= 0.3 is 0 Å². The van der Waals surface area contributed by atoms with Crippen LogP contribution in [-0.2, 0) is 26.9 Å². The minimum absolute atomic E-state index is 0.0191. The Morgan fingerprint density at radius 2 is 1.61 bits per heavy atom. The third-order valence-electron chi connectivity index (χ3n) is 7.39. The maximum absolute atomic E-state index is 13.6. The van der Waals surface area contributed by atoms with E-state index >= 15 is 0 Å². The summed E-state index contributed by atoms with van der Waals surface area (Å²) in [6.07, 6.45) is 5.89. The summed E-state index contributed by atoms with van der Waals surface area (Å²) in [4.78, 5) is 15.5. The molecule has 0 amide bonds. The van der Waals surface area contributed by atoms with E-state index in [4.69, 9.17) is 4.74 Å². The molecular weight excluding hydrogens is 526 g/mol. The number of pyridine rings is 1. The highest BCUT2D eigenvalue weighted by Gasteiger charge is 2.50. The molecule has 0 atom stereocenters. The molecule has 0 saturated heterocycles. The minimum atomic E-state index is -4.08. The molecule has 0 bridgehead atoms. The standard InChI is InChI=1S/C27H27N3O6S2/c1-17-5-7-18(8-6-17)38(34,35)30-12-9-20-22(15-28(2)26(31)24(20)30)21-13-19(37(4,32)33)14-23-25(21)36-27(10-11-27)16-29(23)3/h5-9,12-15H,10-11,16H2,1-4H3. The van der Waals surface area contributed by atoms with E-state index in [1.54, 1.807) is 43.6 Å². The Bertz CT molecular complexity index is 1920. The van der Waals surface area contributed by atoms with Gasteiger partial charge in [-0.15, -0.1) is 0 Å². The first-order valence-corrected chi connectivity index (χ1v) is 15.5. The predicted octanol–water partition coefficient (Wildman–Crippen LogP) is 3.32. The number of fused-ring (bicyclic) bond motifs is 2. The number of likely N-dealkylation sites (N-methyl/N-ethyl adjacent to an activating group) is 1. The third kappa shape index (κ3) is 3.75. The van der Waals surface area contributed by atoms with Gasteiger partial charge in [0.05, 0.1) is 22.0 Å². The van der Waals surface area contributed by atoms with Gasteiger partial charge in [-0.1, -0.05) is 17.7 Å². The molecule has 1 aliphatic heterocycles. The largest absolute Gasteiger partial charge is 0.483 e. The Morgan fingerprint density at radius 1 is 0.921 bits per heavy atom. The van der Waals surface area contributed by atoms with E-state index in [-0.39, 0.29) is 20.9 Å². The number of nitrogens with zero attached hydrogens (tertiary/aromatic N) is 3. The lowest BCUT2D eigenvalue weighted by Gasteiger charge is -2.36. The summed E-state index contributed by atoms with van der Waals surface area (Å²) in [7, 11) is -4.21. The predicted molar refractivity (Wildman–Crippen MR) is 145 cm³/mol. The minimum Gasteiger partial charge on any atom is -0.483 e. The molecule has 0 unspecified atom stereocenters. The lowest BCUT2D eigenvalue weighted by molar-refractivity contribution is 0.175. The third-order valence-corrected chi connectivity index (χ3v) is 10.2. The average molecular weight is 554 g/mol. The SMILES string of the molecule is Cc1ccc(S(=O)(=O)n2ccc3c(-c4cc(S(C)(=O)=O)cc5c4OC4(CC4)CN5C)cn(C)c(=O)c32)cc1. The van der Waals surface area contributed by atoms with Crippen LogP contribution in [0.25, 0.3) is 22.0 Å². The van der Waals surface area contributed by atoms with E-state index in [0.29, 0.717) is 34.5 Å². The fourth-order valence-corrected chi connectivity index (χ4v) is 7.13. The molecule has 2 aliphatic rings. The summed E-state index contributed by atoms with van der Waals surface area (Å²) in [5.74, 6) is 0.526. The summed E-state index contributed by atoms with van der Waals surface area (Å²) in [6.45, 7) is 2.50. The van der Waals surface area contributed by atoms with Crippen LogP contribution in [0.4, 0.5) is 5.69 Å². The second-order valence-corrected chi connectivity index (χ2v) is 14.2. The lowest BCUT2D eigenvalue weighted by Crippen LogP contribution is -2.39. The van der Waals surface area contributed by atoms with Gasteiger partial charge in [0.25, 0.3) is 15.6 Å². The van der Waals surface area contributed by atoms with Crippen molar-refractivity contribution in [2.24, 2.45) is 7.05 Å². The van der Waals surface area contributed by atoms with Crippen LogP contribution in [0, 0.1) is 6.92 Å². The summed E-state index contributed by atoms with van der Waals surface area (Å²) < 4.78 is 61.3. The van der Waals surface area contributed by atoms with Crippen LogP contribution in [0.2, 0.25) is 0 Å². The molecule has 1 fully saturated rings. The molecule has 6 rings (SSSR count). The zero-order valence-electron chi connectivity index (χ0n) is 21.4. The Balaban J connectivity index is 1.66. The van der Waals surface area contributed by atoms with Crippen LogP contribution in [0.5, 0.6) is 5.75 Å². The topological polar surface area (TPSA) is 108 Å². The second-order valence-electron chi connectivity index (χ2n) is 10.4. The number of ether oxygens (including phenoxy) is 1. The van der Waals surface area contributed by atoms with Gasteiger partial charge < -0.3 is 14.2 Å². The van der Waals surface area contributed by atoms with Crippen LogP contribution in [-0.4, -0.2) is 50.8 Å². The molecule has 2 aromatic heterocycles. The van der Waals surface area contributed by atoms with Crippen molar-refractivity contribution in [2.45, 2.75) is 35.2 Å². The molecule has 1 saturated carbocycles. The monoisotopic (exact) mass is 553 g/mol. The molecule has 1 aliphatic carbocycles. The van der Waals surface area contributed by atoms with E-state index < -0.39 is 25.4 Å². The molecule has 11 heteroatoms. The Kier molecular flexibility index (Phi) is 5.19. The molecule has 1 spiro atoms. The molecule has 9 nitrogen and oxygen atoms in total. The lowest BCUT2D eigenvalue weighted by atomic mass is 10.00. The number of aryl methyl sites for hydroxylation is 2. The van der Waals surface area contributed by atoms with Crippen LogP contribution in [0.1, 0.15) is 18.4 Å². The average Bonchev–Trinajstić information content (AvgIpc) is 3.42. The van der Waals surface area contributed by atoms with Crippen molar-refractivity contribution in [3.63, 3.8) is 0 Å². The molecule has 0 N–H and O–H groups in total. The van der Waals surface area contributed by atoms with Crippen molar-refractivity contribution < 1.29 is 21.6 Å². The summed E-state index contributed by atoms with van der Waals surface area (Å²) in [6, 6.07) is 11.2. The van der Waals surface area contributed by atoms with Gasteiger partial charge in [-0.2, -0.15) is 0 Å². The molecular formula is C27H27N3O6S2. The highest BCUT2D eigenvalue weighted by molar-refractivity contribution is 7.90. The number of sulfone groups is 1. The van der Waals surface area contributed by atoms with E-state index in [1.165, 1.54) is 22.9 Å². The molecule has 0 radical (unpaired) electrons. The van der Waals surface area contributed by atoms with Gasteiger partial charge in [0.15, 0.2) is 15.6 Å².